The van der Waals surface area contributed by atoms with Crippen molar-refractivity contribution in [3.05, 3.63) is 83.4 Å². The highest BCUT2D eigenvalue weighted by molar-refractivity contribution is 8.00. The highest BCUT2D eigenvalue weighted by Gasteiger charge is 2.11. The second-order valence-electron chi connectivity index (χ2n) is 7.39. The summed E-state index contributed by atoms with van der Waals surface area (Å²) in [7, 11) is 0. The van der Waals surface area contributed by atoms with Crippen molar-refractivity contribution >= 4 is 23.5 Å². The summed E-state index contributed by atoms with van der Waals surface area (Å²) in [5.74, 6) is 1.05. The molecule has 0 bridgehead atoms. The average molecular weight is 404 g/mol. The van der Waals surface area contributed by atoms with E-state index in [9.17, 15) is 5.26 Å². The smallest absolute Gasteiger partial charge is 0.102 e. The van der Waals surface area contributed by atoms with Gasteiger partial charge in [0.1, 0.15) is 6.07 Å². The third-order valence-electron chi connectivity index (χ3n) is 4.65. The number of hydrogen-bond donors (Lipinski definition) is 0. The van der Waals surface area contributed by atoms with E-state index >= 15 is 0 Å². The average Bonchev–Trinajstić information content (AvgIpc) is 2.69. The van der Waals surface area contributed by atoms with E-state index in [4.69, 9.17) is 0 Å². The SMILES string of the molecule is CC(C)c1ccc(Sc2cccc(Sc3ccc(C(C)C)cc3)c2C#N)cc1. The third kappa shape index (κ3) is 5.01. The molecule has 0 radical (unpaired) electrons. The van der Waals surface area contributed by atoms with Crippen molar-refractivity contribution < 1.29 is 0 Å². The zero-order valence-electron chi connectivity index (χ0n) is 16.8. The van der Waals surface area contributed by atoms with Gasteiger partial charge in [0.05, 0.1) is 5.56 Å². The third-order valence-corrected chi connectivity index (χ3v) is 6.78. The quantitative estimate of drug-likeness (QED) is 0.415. The lowest BCUT2D eigenvalue weighted by molar-refractivity contribution is 0.865. The van der Waals surface area contributed by atoms with Crippen LogP contribution >= 0.6 is 23.5 Å². The van der Waals surface area contributed by atoms with E-state index in [2.05, 4.69) is 82.3 Å². The van der Waals surface area contributed by atoms with Crippen LogP contribution in [-0.2, 0) is 0 Å². The lowest BCUT2D eigenvalue weighted by atomic mass is 10.0. The lowest BCUT2D eigenvalue weighted by Crippen LogP contribution is -1.89. The molecule has 3 heteroatoms. The summed E-state index contributed by atoms with van der Waals surface area (Å²) in [5, 5.41) is 9.81. The molecular weight excluding hydrogens is 378 g/mol. The van der Waals surface area contributed by atoms with Crippen LogP contribution in [0.4, 0.5) is 0 Å². The van der Waals surface area contributed by atoms with Crippen LogP contribution in [0.15, 0.2) is 86.3 Å². The molecular formula is C25H25NS2. The van der Waals surface area contributed by atoms with Crippen LogP contribution in [0, 0.1) is 11.3 Å². The lowest BCUT2D eigenvalue weighted by Gasteiger charge is -2.11. The predicted octanol–water partition coefficient (Wildman–Crippen LogP) is 8.11. The number of hydrogen-bond acceptors (Lipinski definition) is 3. The first-order chi connectivity index (χ1) is 13.5. The molecule has 0 spiro atoms. The molecule has 0 saturated heterocycles. The molecule has 3 aromatic carbocycles. The van der Waals surface area contributed by atoms with Crippen LogP contribution in [0.5, 0.6) is 0 Å². The molecule has 0 saturated carbocycles. The minimum atomic E-state index is 0.524. The Morgan fingerprint density at radius 2 is 1.04 bits per heavy atom. The largest absolute Gasteiger partial charge is 0.192 e. The summed E-state index contributed by atoms with van der Waals surface area (Å²) in [6.07, 6.45) is 0. The summed E-state index contributed by atoms with van der Waals surface area (Å²) in [6, 6.07) is 25.8. The summed E-state index contributed by atoms with van der Waals surface area (Å²) in [6.45, 7) is 8.79. The van der Waals surface area contributed by atoms with E-state index in [1.54, 1.807) is 23.5 Å². The van der Waals surface area contributed by atoms with Gasteiger partial charge in [0.2, 0.25) is 0 Å². The first-order valence-electron chi connectivity index (χ1n) is 9.56. The molecule has 0 aliphatic rings. The minimum Gasteiger partial charge on any atom is -0.192 e. The van der Waals surface area contributed by atoms with Crippen LogP contribution in [0.1, 0.15) is 56.2 Å². The van der Waals surface area contributed by atoms with Gasteiger partial charge >= 0.3 is 0 Å². The van der Waals surface area contributed by atoms with Gasteiger partial charge in [-0.1, -0.05) is 81.6 Å². The van der Waals surface area contributed by atoms with Gasteiger partial charge in [-0.2, -0.15) is 5.26 Å². The fraction of sp³-hybridized carbons (Fsp3) is 0.240. The van der Waals surface area contributed by atoms with Crippen LogP contribution in [-0.4, -0.2) is 0 Å². The molecule has 3 aromatic rings. The fourth-order valence-corrected chi connectivity index (χ4v) is 4.81. The Labute approximate surface area is 177 Å². The standard InChI is InChI=1S/C25H25NS2/c1-17(2)19-8-12-21(13-9-19)27-24-6-5-7-25(23(24)16-26)28-22-14-10-20(11-15-22)18(3)4/h5-15,17-18H,1-4H3. The normalized spacial score (nSPS) is 11.0. The first kappa shape index (κ1) is 20.6. The Balaban J connectivity index is 1.83. The van der Waals surface area contributed by atoms with Crippen molar-refractivity contribution in [2.75, 3.05) is 0 Å². The van der Waals surface area contributed by atoms with Gasteiger partial charge < -0.3 is 0 Å². The van der Waals surface area contributed by atoms with Crippen LogP contribution in [0.25, 0.3) is 0 Å². The monoisotopic (exact) mass is 403 g/mol. The van der Waals surface area contributed by atoms with E-state index in [1.807, 2.05) is 18.2 Å². The van der Waals surface area contributed by atoms with Gasteiger partial charge in [-0.15, -0.1) is 0 Å². The molecule has 0 amide bonds. The zero-order valence-corrected chi connectivity index (χ0v) is 18.4. The van der Waals surface area contributed by atoms with Gasteiger partial charge in [0, 0.05) is 19.6 Å². The Hall–Kier alpha value is -2.15. The van der Waals surface area contributed by atoms with Gasteiger partial charge in [-0.3, -0.25) is 0 Å². The number of benzene rings is 3. The highest BCUT2D eigenvalue weighted by Crippen LogP contribution is 2.38. The minimum absolute atomic E-state index is 0.524. The van der Waals surface area contributed by atoms with Crippen molar-refractivity contribution in [2.45, 2.75) is 59.1 Å². The summed E-state index contributed by atoms with van der Waals surface area (Å²) in [4.78, 5) is 4.32. The van der Waals surface area contributed by atoms with Crippen LogP contribution in [0.2, 0.25) is 0 Å². The topological polar surface area (TPSA) is 23.8 Å². The Morgan fingerprint density at radius 1 is 0.643 bits per heavy atom. The maximum Gasteiger partial charge on any atom is 0.102 e. The zero-order chi connectivity index (χ0) is 20.1. The molecule has 0 atom stereocenters. The second-order valence-corrected chi connectivity index (χ2v) is 9.62. The molecule has 28 heavy (non-hydrogen) atoms. The van der Waals surface area contributed by atoms with Gasteiger partial charge in [-0.25, -0.2) is 0 Å². The van der Waals surface area contributed by atoms with E-state index in [0.717, 1.165) is 25.1 Å². The van der Waals surface area contributed by atoms with E-state index in [1.165, 1.54) is 11.1 Å². The van der Waals surface area contributed by atoms with Gasteiger partial charge in [-0.05, 0) is 59.4 Å². The summed E-state index contributed by atoms with van der Waals surface area (Å²) in [5.41, 5.74) is 3.41. The van der Waals surface area contributed by atoms with Crippen molar-refractivity contribution in [1.29, 1.82) is 5.26 Å². The molecule has 0 heterocycles. The summed E-state index contributed by atoms with van der Waals surface area (Å²) < 4.78 is 0. The van der Waals surface area contributed by atoms with Crippen molar-refractivity contribution in [3.63, 3.8) is 0 Å². The van der Waals surface area contributed by atoms with Crippen molar-refractivity contribution in [2.24, 2.45) is 0 Å². The molecule has 142 valence electrons. The maximum atomic E-state index is 9.81. The molecule has 0 N–H and O–H groups in total. The Bertz CT molecular complexity index is 893. The Morgan fingerprint density at radius 3 is 1.36 bits per heavy atom. The maximum absolute atomic E-state index is 9.81. The van der Waals surface area contributed by atoms with E-state index in [-0.39, 0.29) is 0 Å². The molecule has 3 rings (SSSR count). The van der Waals surface area contributed by atoms with Crippen LogP contribution < -0.4 is 0 Å². The van der Waals surface area contributed by atoms with E-state index in [0.29, 0.717) is 11.8 Å². The molecule has 1 nitrogen and oxygen atoms in total. The predicted molar refractivity (Wildman–Crippen MR) is 120 cm³/mol. The van der Waals surface area contributed by atoms with Gasteiger partial charge in [0.15, 0.2) is 0 Å². The molecule has 0 unspecified atom stereocenters. The van der Waals surface area contributed by atoms with Crippen molar-refractivity contribution in [3.8, 4) is 6.07 Å². The highest BCUT2D eigenvalue weighted by atomic mass is 32.2. The second kappa shape index (κ2) is 9.37. The Kier molecular flexibility index (Phi) is 6.88. The first-order valence-corrected chi connectivity index (χ1v) is 11.2. The molecule has 0 aliphatic heterocycles. The molecule has 0 fully saturated rings. The molecule has 0 aromatic heterocycles. The summed E-state index contributed by atoms with van der Waals surface area (Å²) >= 11 is 3.31. The number of nitrogens with zero attached hydrogens (tertiary/aromatic N) is 1. The molecule has 0 aliphatic carbocycles. The fourth-order valence-electron chi connectivity index (χ4n) is 2.89. The number of rotatable bonds is 6. The van der Waals surface area contributed by atoms with E-state index < -0.39 is 0 Å². The number of nitriles is 1. The van der Waals surface area contributed by atoms with Crippen molar-refractivity contribution in [1.82, 2.24) is 0 Å². The van der Waals surface area contributed by atoms with Gasteiger partial charge in [0.25, 0.3) is 0 Å². The van der Waals surface area contributed by atoms with Crippen LogP contribution in [0.3, 0.4) is 0 Å².